The summed E-state index contributed by atoms with van der Waals surface area (Å²) in [5, 5.41) is 9.31. The van der Waals surface area contributed by atoms with Crippen LogP contribution in [0.4, 0.5) is 0 Å². The van der Waals surface area contributed by atoms with E-state index in [1.807, 2.05) is 6.92 Å². The summed E-state index contributed by atoms with van der Waals surface area (Å²) in [4.78, 5) is 0. The van der Waals surface area contributed by atoms with Crippen molar-refractivity contribution >= 4 is 10.1 Å². The molecule has 0 aliphatic carbocycles. The third-order valence-electron chi connectivity index (χ3n) is 5.24. The van der Waals surface area contributed by atoms with Crippen LogP contribution in [0.1, 0.15) is 123 Å². The van der Waals surface area contributed by atoms with E-state index in [-0.39, 0.29) is 35.7 Å². The van der Waals surface area contributed by atoms with Crippen LogP contribution in [0.3, 0.4) is 0 Å². The maximum atomic E-state index is 11.3. The Kier molecular flexibility index (Phi) is 22.4. The van der Waals surface area contributed by atoms with E-state index in [0.717, 1.165) is 57.8 Å². The molecule has 0 rings (SSSR count). The summed E-state index contributed by atoms with van der Waals surface area (Å²) in [5.41, 5.74) is 0. The van der Waals surface area contributed by atoms with Crippen molar-refractivity contribution in [2.45, 2.75) is 134 Å². The molecule has 0 amide bonds. The van der Waals surface area contributed by atoms with Crippen LogP contribution in [-0.4, -0.2) is 29.4 Å². The number of rotatable bonds is 19. The van der Waals surface area contributed by atoms with E-state index in [4.69, 9.17) is 0 Å². The normalized spacial score (nSPS) is 13.9. The van der Waals surface area contributed by atoms with Gasteiger partial charge in [0.15, 0.2) is 0 Å². The fraction of sp³-hybridized carbons (Fsp3) is 1.00. The Hall–Kier alpha value is 0.870. The fourth-order valence-electron chi connectivity index (χ4n) is 3.45. The average Bonchev–Trinajstić information content (AvgIpc) is 2.58. The van der Waals surface area contributed by atoms with E-state index >= 15 is 0 Å². The van der Waals surface area contributed by atoms with Crippen molar-refractivity contribution in [2.75, 3.05) is 0 Å². The molecule has 4 nitrogen and oxygen atoms in total. The molecule has 0 saturated carbocycles. The van der Waals surface area contributed by atoms with Crippen molar-refractivity contribution < 1.29 is 47.6 Å². The van der Waals surface area contributed by atoms with E-state index in [1.165, 1.54) is 38.5 Å². The van der Waals surface area contributed by atoms with Crippen LogP contribution in [-0.2, 0) is 10.1 Å². The Labute approximate surface area is 191 Å². The van der Waals surface area contributed by atoms with E-state index in [9.17, 15) is 18.1 Å². The zero-order valence-corrected chi connectivity index (χ0v) is 21.1. The molecule has 0 spiro atoms. The summed E-state index contributed by atoms with van der Waals surface area (Å²) in [6.45, 7) is 4.24. The predicted molar refractivity (Wildman–Crippen MR) is 109 cm³/mol. The number of hydrogen-bond donors (Lipinski definition) is 1. The Bertz CT molecular complexity index is 401. The fourth-order valence-corrected chi connectivity index (χ4v) is 4.36. The molecule has 0 aromatic heterocycles. The SMILES string of the molecule is CCCCCCCCCC(O)CCCCCCC(CCCC)S(=O)(=O)[O-].[Na+]. The minimum Gasteiger partial charge on any atom is -0.748 e. The maximum absolute atomic E-state index is 11.3. The average molecular weight is 415 g/mol. The van der Waals surface area contributed by atoms with Crippen LogP contribution in [0, 0.1) is 0 Å². The monoisotopic (exact) mass is 414 g/mol. The predicted octanol–water partition coefficient (Wildman–Crippen LogP) is 2.94. The molecule has 0 bridgehead atoms. The van der Waals surface area contributed by atoms with E-state index < -0.39 is 15.4 Å². The zero-order valence-electron chi connectivity index (χ0n) is 18.3. The van der Waals surface area contributed by atoms with Gasteiger partial charge in [0.2, 0.25) is 0 Å². The Morgan fingerprint density at radius 3 is 1.48 bits per heavy atom. The molecule has 0 aromatic carbocycles. The van der Waals surface area contributed by atoms with Crippen LogP contribution >= 0.6 is 0 Å². The number of aliphatic hydroxyl groups excluding tert-OH is 1. The minimum absolute atomic E-state index is 0. The quantitative estimate of drug-likeness (QED) is 0.200. The summed E-state index contributed by atoms with van der Waals surface area (Å²) in [5.74, 6) is 0. The van der Waals surface area contributed by atoms with Gasteiger partial charge in [-0.2, -0.15) is 0 Å². The van der Waals surface area contributed by atoms with Crippen molar-refractivity contribution in [3.63, 3.8) is 0 Å². The second-order valence-corrected chi connectivity index (χ2v) is 9.46. The Morgan fingerprint density at radius 2 is 1.04 bits per heavy atom. The molecular formula is C21H43NaO4S. The summed E-state index contributed by atoms with van der Waals surface area (Å²) in [7, 11) is -4.15. The molecule has 0 radical (unpaired) electrons. The van der Waals surface area contributed by atoms with E-state index in [2.05, 4.69) is 6.92 Å². The van der Waals surface area contributed by atoms with Gasteiger partial charge in [-0.25, -0.2) is 8.42 Å². The van der Waals surface area contributed by atoms with Crippen molar-refractivity contribution in [3.8, 4) is 0 Å². The first-order chi connectivity index (χ1) is 12.4. The van der Waals surface area contributed by atoms with Gasteiger partial charge in [-0.05, 0) is 25.7 Å². The summed E-state index contributed by atoms with van der Waals surface area (Å²) < 4.78 is 33.8. The molecule has 2 unspecified atom stereocenters. The van der Waals surface area contributed by atoms with Crippen LogP contribution in [0.25, 0.3) is 0 Å². The molecule has 2 atom stereocenters. The summed E-state index contributed by atoms with van der Waals surface area (Å²) >= 11 is 0. The number of unbranched alkanes of at least 4 members (excludes halogenated alkanes) is 10. The van der Waals surface area contributed by atoms with Crippen LogP contribution in [0.5, 0.6) is 0 Å². The van der Waals surface area contributed by atoms with Crippen LogP contribution in [0.2, 0.25) is 0 Å². The van der Waals surface area contributed by atoms with Gasteiger partial charge in [0.25, 0.3) is 0 Å². The smallest absolute Gasteiger partial charge is 0.748 e. The molecular weight excluding hydrogens is 371 g/mol. The molecule has 0 aliphatic heterocycles. The van der Waals surface area contributed by atoms with Gasteiger partial charge in [-0.15, -0.1) is 0 Å². The van der Waals surface area contributed by atoms with E-state index in [0.29, 0.717) is 12.8 Å². The van der Waals surface area contributed by atoms with Gasteiger partial charge >= 0.3 is 29.6 Å². The first kappa shape index (κ1) is 30.1. The van der Waals surface area contributed by atoms with Crippen molar-refractivity contribution in [2.24, 2.45) is 0 Å². The molecule has 0 aliphatic rings. The molecule has 0 fully saturated rings. The summed E-state index contributed by atoms with van der Waals surface area (Å²) in [6.07, 6.45) is 16.9. The third kappa shape index (κ3) is 19.9. The minimum atomic E-state index is -4.15. The maximum Gasteiger partial charge on any atom is 1.00 e. The standard InChI is InChI=1S/C21H44O4S.Na/c1-3-5-7-8-9-10-13-16-20(22)17-14-11-12-15-19-21(18-6-4-2)26(23,24)25;/h20-22H,3-19H2,1-2H3,(H,23,24,25);/q;+1/p-1. The van der Waals surface area contributed by atoms with Crippen molar-refractivity contribution in [3.05, 3.63) is 0 Å². The third-order valence-corrected chi connectivity index (χ3v) is 6.53. The van der Waals surface area contributed by atoms with Crippen molar-refractivity contribution in [1.82, 2.24) is 0 Å². The topological polar surface area (TPSA) is 77.4 Å². The molecule has 1 N–H and O–H groups in total. The largest absolute Gasteiger partial charge is 1.00 e. The van der Waals surface area contributed by atoms with Gasteiger partial charge < -0.3 is 9.66 Å². The zero-order chi connectivity index (χ0) is 19.7. The van der Waals surface area contributed by atoms with Crippen LogP contribution < -0.4 is 29.6 Å². The Morgan fingerprint density at radius 1 is 0.667 bits per heavy atom. The molecule has 158 valence electrons. The first-order valence-corrected chi connectivity index (χ1v) is 12.5. The number of hydrogen-bond acceptors (Lipinski definition) is 4. The number of aliphatic hydroxyl groups is 1. The van der Waals surface area contributed by atoms with Gasteiger partial charge in [0, 0.05) is 5.25 Å². The first-order valence-electron chi connectivity index (χ1n) is 11.0. The van der Waals surface area contributed by atoms with Gasteiger partial charge in [-0.3, -0.25) is 0 Å². The second kappa shape index (κ2) is 20.2. The molecule has 0 heterocycles. The Balaban J connectivity index is 0. The van der Waals surface area contributed by atoms with Crippen LogP contribution in [0.15, 0.2) is 0 Å². The summed E-state index contributed by atoms with van der Waals surface area (Å²) in [6, 6.07) is 0. The molecule has 0 aromatic rings. The van der Waals surface area contributed by atoms with E-state index in [1.54, 1.807) is 0 Å². The van der Waals surface area contributed by atoms with Gasteiger partial charge in [0.1, 0.15) is 0 Å². The second-order valence-electron chi connectivity index (χ2n) is 7.81. The van der Waals surface area contributed by atoms with Crippen molar-refractivity contribution in [1.29, 1.82) is 0 Å². The van der Waals surface area contributed by atoms with Gasteiger partial charge in [0.05, 0.1) is 16.2 Å². The van der Waals surface area contributed by atoms with Gasteiger partial charge in [-0.1, -0.05) is 97.3 Å². The molecule has 6 heteroatoms. The molecule has 27 heavy (non-hydrogen) atoms. The molecule has 0 saturated heterocycles.